The van der Waals surface area contributed by atoms with E-state index in [9.17, 15) is 9.59 Å². The van der Waals surface area contributed by atoms with Crippen LogP contribution in [0, 0.1) is 5.92 Å². The van der Waals surface area contributed by atoms with Crippen molar-refractivity contribution in [2.24, 2.45) is 5.92 Å². The van der Waals surface area contributed by atoms with Gasteiger partial charge in [0.1, 0.15) is 0 Å². The number of nitrogens with zero attached hydrogens (tertiary/aromatic N) is 3. The molecule has 1 saturated heterocycles. The summed E-state index contributed by atoms with van der Waals surface area (Å²) in [6.07, 6.45) is 6.26. The Hall–Kier alpha value is -3.73. The van der Waals surface area contributed by atoms with E-state index in [4.69, 9.17) is 0 Å². The third kappa shape index (κ3) is 5.75. The zero-order chi connectivity index (χ0) is 23.0. The molecule has 0 N–H and O–H groups in total. The van der Waals surface area contributed by atoms with Crippen LogP contribution in [0.2, 0.25) is 0 Å². The molecule has 1 aliphatic heterocycles. The lowest BCUT2D eigenvalue weighted by atomic mass is 9.95. The van der Waals surface area contributed by atoms with Crippen molar-refractivity contribution < 1.29 is 9.59 Å². The van der Waals surface area contributed by atoms with Crippen LogP contribution >= 0.6 is 0 Å². The lowest BCUT2D eigenvalue weighted by Crippen LogP contribution is -2.38. The zero-order valence-electron chi connectivity index (χ0n) is 18.8. The van der Waals surface area contributed by atoms with Crippen LogP contribution in [0.1, 0.15) is 11.1 Å². The first-order valence-electron chi connectivity index (χ1n) is 11.3. The first-order chi connectivity index (χ1) is 16.1. The van der Waals surface area contributed by atoms with E-state index >= 15 is 0 Å². The number of hydrogen-bond donors (Lipinski definition) is 0. The third-order valence-electron chi connectivity index (χ3n) is 6.09. The summed E-state index contributed by atoms with van der Waals surface area (Å²) in [5.74, 6) is -0.130. The van der Waals surface area contributed by atoms with Crippen molar-refractivity contribution in [3.8, 4) is 11.1 Å². The number of benzene rings is 2. The third-order valence-corrected chi connectivity index (χ3v) is 6.09. The Balaban J connectivity index is 1.50. The molecule has 3 aromatic rings. The van der Waals surface area contributed by atoms with Crippen LogP contribution in [0.25, 0.3) is 11.1 Å². The molecule has 2 aromatic carbocycles. The molecule has 0 aliphatic carbocycles. The molecule has 0 spiro atoms. The average Bonchev–Trinajstić information content (AvgIpc) is 3.00. The van der Waals surface area contributed by atoms with Crippen molar-refractivity contribution in [1.29, 1.82) is 0 Å². The van der Waals surface area contributed by atoms with E-state index in [1.54, 1.807) is 18.5 Å². The maximum atomic E-state index is 13.3. The van der Waals surface area contributed by atoms with Gasteiger partial charge in [-0.3, -0.25) is 14.6 Å². The van der Waals surface area contributed by atoms with Crippen LogP contribution in [0.15, 0.2) is 91.8 Å². The van der Waals surface area contributed by atoms with Crippen molar-refractivity contribution in [2.75, 3.05) is 26.2 Å². The Morgan fingerprint density at radius 1 is 0.939 bits per heavy atom. The zero-order valence-corrected chi connectivity index (χ0v) is 18.8. The lowest BCUT2D eigenvalue weighted by molar-refractivity contribution is -0.134. The molecule has 1 aliphatic rings. The monoisotopic (exact) mass is 439 g/mol. The summed E-state index contributed by atoms with van der Waals surface area (Å²) in [6.45, 7) is 5.81. The second kappa shape index (κ2) is 10.7. The van der Waals surface area contributed by atoms with E-state index in [0.29, 0.717) is 39.0 Å². The highest BCUT2D eigenvalue weighted by atomic mass is 16.2. The number of aromatic nitrogens is 1. The normalized spacial score (nSPS) is 16.4. The number of carbonyl (C=O) groups excluding carboxylic acids is 2. The molecule has 1 aromatic heterocycles. The van der Waals surface area contributed by atoms with Gasteiger partial charge in [0.15, 0.2) is 0 Å². The smallest absolute Gasteiger partial charge is 0.228 e. The van der Waals surface area contributed by atoms with E-state index in [-0.39, 0.29) is 17.7 Å². The molecule has 0 saturated carbocycles. The summed E-state index contributed by atoms with van der Waals surface area (Å²) in [7, 11) is 0. The number of amides is 2. The van der Waals surface area contributed by atoms with Crippen molar-refractivity contribution >= 4 is 11.8 Å². The van der Waals surface area contributed by atoms with Crippen LogP contribution in [0.4, 0.5) is 0 Å². The highest BCUT2D eigenvalue weighted by Gasteiger charge is 2.31. The highest BCUT2D eigenvalue weighted by Crippen LogP contribution is 2.22. The Labute approximate surface area is 195 Å². The van der Waals surface area contributed by atoms with E-state index < -0.39 is 0 Å². The maximum Gasteiger partial charge on any atom is 0.228 e. The van der Waals surface area contributed by atoms with Gasteiger partial charge in [0.05, 0.1) is 12.3 Å². The first kappa shape index (κ1) is 22.5. The Morgan fingerprint density at radius 3 is 2.33 bits per heavy atom. The van der Waals surface area contributed by atoms with E-state index in [0.717, 1.165) is 22.3 Å². The summed E-state index contributed by atoms with van der Waals surface area (Å²) in [5, 5.41) is 0. The molecule has 0 radical (unpaired) electrons. The molecular formula is C28H29N3O2. The number of carbonyl (C=O) groups is 2. The topological polar surface area (TPSA) is 53.5 Å². The van der Waals surface area contributed by atoms with Gasteiger partial charge in [0.2, 0.25) is 11.8 Å². The fourth-order valence-electron chi connectivity index (χ4n) is 4.31. The Kier molecular flexibility index (Phi) is 7.30. The Morgan fingerprint density at radius 2 is 1.64 bits per heavy atom. The largest absolute Gasteiger partial charge is 0.340 e. The molecular weight excluding hydrogens is 410 g/mol. The van der Waals surface area contributed by atoms with E-state index in [1.165, 1.54) is 0 Å². The van der Waals surface area contributed by atoms with Crippen LogP contribution in [-0.2, 0) is 22.4 Å². The molecule has 1 atom stereocenters. The molecule has 1 unspecified atom stereocenters. The molecule has 168 valence electrons. The van der Waals surface area contributed by atoms with Gasteiger partial charge in [0.25, 0.3) is 0 Å². The molecule has 0 bridgehead atoms. The van der Waals surface area contributed by atoms with Crippen molar-refractivity contribution in [2.45, 2.75) is 12.8 Å². The molecule has 4 rings (SSSR count). The Bertz CT molecular complexity index is 1080. The average molecular weight is 440 g/mol. The number of hydrogen-bond acceptors (Lipinski definition) is 3. The van der Waals surface area contributed by atoms with Crippen molar-refractivity contribution in [1.82, 2.24) is 14.8 Å². The fourth-order valence-corrected chi connectivity index (χ4v) is 4.31. The van der Waals surface area contributed by atoms with E-state index in [1.807, 2.05) is 52.3 Å². The predicted molar refractivity (Wildman–Crippen MR) is 130 cm³/mol. The van der Waals surface area contributed by atoms with Crippen molar-refractivity contribution in [3.05, 3.63) is 103 Å². The SMILES string of the molecule is C=CCN1CCN(C(=O)Cc2ccccc2)CC(Cc2ccc(-c3ccncc3)cc2)C1=O. The standard InChI is InChI=1S/C28H29N3O2/c1-2-16-30-17-18-31(27(32)20-22-6-4-3-5-7-22)21-26(28(30)33)19-23-8-10-24(11-9-23)25-12-14-29-15-13-25/h2-15,26H,1,16-21H2. The minimum atomic E-state index is -0.279. The summed E-state index contributed by atoms with van der Waals surface area (Å²) < 4.78 is 0. The van der Waals surface area contributed by atoms with Gasteiger partial charge in [0, 0.05) is 38.6 Å². The predicted octanol–water partition coefficient (Wildman–Crippen LogP) is 4.01. The van der Waals surface area contributed by atoms with Gasteiger partial charge < -0.3 is 9.80 Å². The second-order valence-corrected chi connectivity index (χ2v) is 8.41. The van der Waals surface area contributed by atoms with Gasteiger partial charge in [-0.15, -0.1) is 6.58 Å². The molecule has 1 fully saturated rings. The van der Waals surface area contributed by atoms with E-state index in [2.05, 4.69) is 35.8 Å². The van der Waals surface area contributed by atoms with Crippen LogP contribution in [-0.4, -0.2) is 52.8 Å². The number of rotatable bonds is 7. The lowest BCUT2D eigenvalue weighted by Gasteiger charge is -2.24. The quantitative estimate of drug-likeness (QED) is 0.523. The second-order valence-electron chi connectivity index (χ2n) is 8.41. The molecule has 2 amide bonds. The molecule has 5 heteroatoms. The van der Waals surface area contributed by atoms with Gasteiger partial charge in [-0.05, 0) is 40.8 Å². The minimum absolute atomic E-state index is 0.0625. The number of pyridine rings is 1. The molecule has 5 nitrogen and oxygen atoms in total. The van der Waals surface area contributed by atoms with Crippen LogP contribution in [0.5, 0.6) is 0 Å². The van der Waals surface area contributed by atoms with Crippen molar-refractivity contribution in [3.63, 3.8) is 0 Å². The first-order valence-corrected chi connectivity index (χ1v) is 11.3. The maximum absolute atomic E-state index is 13.3. The molecule has 33 heavy (non-hydrogen) atoms. The van der Waals surface area contributed by atoms with Crippen LogP contribution in [0.3, 0.4) is 0 Å². The highest BCUT2D eigenvalue weighted by molar-refractivity contribution is 5.83. The summed E-state index contributed by atoms with van der Waals surface area (Å²) >= 11 is 0. The van der Waals surface area contributed by atoms with Gasteiger partial charge >= 0.3 is 0 Å². The van der Waals surface area contributed by atoms with Gasteiger partial charge in [-0.25, -0.2) is 0 Å². The summed E-state index contributed by atoms with van der Waals surface area (Å²) in [6, 6.07) is 22.0. The summed E-state index contributed by atoms with van der Waals surface area (Å²) in [4.78, 5) is 34.1. The van der Waals surface area contributed by atoms with Crippen LogP contribution < -0.4 is 0 Å². The fraction of sp³-hybridized carbons (Fsp3) is 0.250. The van der Waals surface area contributed by atoms with Gasteiger partial charge in [-0.2, -0.15) is 0 Å². The molecule has 2 heterocycles. The summed E-state index contributed by atoms with van der Waals surface area (Å²) in [5.41, 5.74) is 4.30. The minimum Gasteiger partial charge on any atom is -0.340 e. The van der Waals surface area contributed by atoms with Gasteiger partial charge in [-0.1, -0.05) is 60.7 Å².